The van der Waals surface area contributed by atoms with Gasteiger partial charge in [-0.05, 0) is 36.4 Å². The zero-order chi connectivity index (χ0) is 17.8. The molecule has 1 aromatic heterocycles. The van der Waals surface area contributed by atoms with Gasteiger partial charge in [-0.15, -0.1) is 0 Å². The van der Waals surface area contributed by atoms with Crippen LogP contribution in [0, 0.1) is 0 Å². The van der Waals surface area contributed by atoms with Gasteiger partial charge in [-0.2, -0.15) is 0 Å². The van der Waals surface area contributed by atoms with Crippen molar-refractivity contribution in [2.45, 2.75) is 13.5 Å². The van der Waals surface area contributed by atoms with Crippen molar-refractivity contribution >= 4 is 28.9 Å². The van der Waals surface area contributed by atoms with Crippen molar-refractivity contribution in [1.82, 2.24) is 4.98 Å². The van der Waals surface area contributed by atoms with E-state index in [4.69, 9.17) is 16.0 Å². The van der Waals surface area contributed by atoms with E-state index in [1.807, 2.05) is 48.5 Å². The van der Waals surface area contributed by atoms with E-state index in [0.717, 1.165) is 16.9 Å². The summed E-state index contributed by atoms with van der Waals surface area (Å²) in [5.74, 6) is 1.21. The minimum Gasteiger partial charge on any atom is -0.439 e. The van der Waals surface area contributed by atoms with Crippen LogP contribution in [0.2, 0.25) is 5.02 Å². The standard InChI is InChI=1S/C19H18ClN3O2/c1-13(24)23(2)17-6-4-3-5-16(17)21-12-19-22-11-18(25-19)14-7-9-15(20)10-8-14/h3-11,21H,12H2,1-2H3. The Morgan fingerprint density at radius 2 is 1.92 bits per heavy atom. The van der Waals surface area contributed by atoms with E-state index in [1.165, 1.54) is 6.92 Å². The second-order valence-electron chi connectivity index (χ2n) is 5.57. The number of carbonyl (C=O) groups excluding carboxylic acids is 1. The molecule has 2 aromatic carbocycles. The third-order valence-electron chi connectivity index (χ3n) is 3.85. The van der Waals surface area contributed by atoms with Gasteiger partial charge in [0.1, 0.15) is 0 Å². The van der Waals surface area contributed by atoms with Crippen molar-refractivity contribution in [3.63, 3.8) is 0 Å². The molecule has 0 atom stereocenters. The maximum atomic E-state index is 11.6. The molecule has 6 heteroatoms. The number of carbonyl (C=O) groups is 1. The molecule has 25 heavy (non-hydrogen) atoms. The molecule has 0 saturated heterocycles. The summed E-state index contributed by atoms with van der Waals surface area (Å²) in [6, 6.07) is 15.0. The predicted octanol–water partition coefficient (Wildman–Crippen LogP) is 4.59. The number of rotatable bonds is 5. The van der Waals surface area contributed by atoms with Crippen molar-refractivity contribution in [1.29, 1.82) is 0 Å². The molecule has 3 aromatic rings. The molecule has 0 aliphatic carbocycles. The van der Waals surface area contributed by atoms with Crippen LogP contribution in [0.1, 0.15) is 12.8 Å². The second-order valence-corrected chi connectivity index (χ2v) is 6.01. The molecular weight excluding hydrogens is 338 g/mol. The van der Waals surface area contributed by atoms with Crippen molar-refractivity contribution < 1.29 is 9.21 Å². The van der Waals surface area contributed by atoms with Gasteiger partial charge in [0, 0.05) is 24.6 Å². The van der Waals surface area contributed by atoms with Gasteiger partial charge >= 0.3 is 0 Å². The van der Waals surface area contributed by atoms with Crippen LogP contribution in [0.4, 0.5) is 11.4 Å². The van der Waals surface area contributed by atoms with Crippen LogP contribution >= 0.6 is 11.6 Å². The largest absolute Gasteiger partial charge is 0.439 e. The van der Waals surface area contributed by atoms with Gasteiger partial charge in [-0.1, -0.05) is 23.7 Å². The highest BCUT2D eigenvalue weighted by atomic mass is 35.5. The molecule has 128 valence electrons. The lowest BCUT2D eigenvalue weighted by Gasteiger charge is -2.19. The Balaban J connectivity index is 1.73. The Hall–Kier alpha value is -2.79. The normalized spacial score (nSPS) is 10.5. The van der Waals surface area contributed by atoms with Gasteiger partial charge in [0.25, 0.3) is 0 Å². The van der Waals surface area contributed by atoms with E-state index < -0.39 is 0 Å². The van der Waals surface area contributed by atoms with E-state index in [2.05, 4.69) is 10.3 Å². The molecule has 0 saturated carbocycles. The molecule has 0 aliphatic heterocycles. The first-order chi connectivity index (χ1) is 12.0. The van der Waals surface area contributed by atoms with E-state index in [-0.39, 0.29) is 5.91 Å². The summed E-state index contributed by atoms with van der Waals surface area (Å²) in [7, 11) is 1.74. The zero-order valence-corrected chi connectivity index (χ0v) is 14.7. The molecule has 0 aliphatic rings. The minimum absolute atomic E-state index is 0.0320. The van der Waals surface area contributed by atoms with Crippen LogP contribution in [0.3, 0.4) is 0 Å². The lowest BCUT2D eigenvalue weighted by molar-refractivity contribution is -0.116. The average molecular weight is 356 g/mol. The molecule has 1 amide bonds. The summed E-state index contributed by atoms with van der Waals surface area (Å²) in [4.78, 5) is 17.5. The maximum Gasteiger partial charge on any atom is 0.223 e. The number of oxazole rings is 1. The molecule has 0 radical (unpaired) electrons. The monoisotopic (exact) mass is 355 g/mol. The molecule has 3 rings (SSSR count). The van der Waals surface area contributed by atoms with Crippen LogP contribution < -0.4 is 10.2 Å². The van der Waals surface area contributed by atoms with Gasteiger partial charge in [-0.3, -0.25) is 4.79 Å². The van der Waals surface area contributed by atoms with Crippen LogP contribution in [-0.4, -0.2) is 17.9 Å². The lowest BCUT2D eigenvalue weighted by Crippen LogP contribution is -2.23. The number of anilines is 2. The van der Waals surface area contributed by atoms with Crippen LogP contribution in [0.5, 0.6) is 0 Å². The highest BCUT2D eigenvalue weighted by Crippen LogP contribution is 2.26. The number of amides is 1. The fourth-order valence-corrected chi connectivity index (χ4v) is 2.52. The summed E-state index contributed by atoms with van der Waals surface area (Å²) < 4.78 is 5.78. The number of nitrogens with one attached hydrogen (secondary N) is 1. The van der Waals surface area contributed by atoms with E-state index in [9.17, 15) is 4.79 Å². The number of aromatic nitrogens is 1. The summed E-state index contributed by atoms with van der Waals surface area (Å²) in [5, 5.41) is 3.95. The van der Waals surface area contributed by atoms with Gasteiger partial charge in [0.15, 0.2) is 5.76 Å². The Morgan fingerprint density at radius 3 is 2.64 bits per heavy atom. The maximum absolute atomic E-state index is 11.6. The molecule has 0 spiro atoms. The SMILES string of the molecule is CC(=O)N(C)c1ccccc1NCc1ncc(-c2ccc(Cl)cc2)o1. The van der Waals surface area contributed by atoms with Crippen molar-refractivity contribution in [2.24, 2.45) is 0 Å². The smallest absolute Gasteiger partial charge is 0.223 e. The lowest BCUT2D eigenvalue weighted by atomic mass is 10.2. The minimum atomic E-state index is -0.0320. The van der Waals surface area contributed by atoms with Gasteiger partial charge in [0.05, 0.1) is 24.1 Å². The Kier molecular flexibility index (Phi) is 5.05. The molecule has 0 fully saturated rings. The van der Waals surface area contributed by atoms with E-state index in [1.54, 1.807) is 18.1 Å². The molecule has 1 heterocycles. The number of benzene rings is 2. The Bertz CT molecular complexity index is 874. The van der Waals surface area contributed by atoms with Crippen LogP contribution in [0.15, 0.2) is 59.1 Å². The molecule has 0 bridgehead atoms. The first-order valence-electron chi connectivity index (χ1n) is 7.82. The number of nitrogens with zero attached hydrogens (tertiary/aromatic N) is 2. The third-order valence-corrected chi connectivity index (χ3v) is 4.10. The molecular formula is C19H18ClN3O2. The fraction of sp³-hybridized carbons (Fsp3) is 0.158. The van der Waals surface area contributed by atoms with Crippen LogP contribution in [0.25, 0.3) is 11.3 Å². The van der Waals surface area contributed by atoms with E-state index >= 15 is 0 Å². The van der Waals surface area contributed by atoms with Gasteiger partial charge in [0.2, 0.25) is 11.8 Å². The molecule has 1 N–H and O–H groups in total. The molecule has 0 unspecified atom stereocenters. The summed E-state index contributed by atoms with van der Waals surface area (Å²) >= 11 is 5.90. The average Bonchev–Trinajstić information content (AvgIpc) is 3.09. The van der Waals surface area contributed by atoms with Gasteiger partial charge < -0.3 is 14.6 Å². The first-order valence-corrected chi connectivity index (χ1v) is 8.20. The van der Waals surface area contributed by atoms with Crippen LogP contribution in [-0.2, 0) is 11.3 Å². The summed E-state index contributed by atoms with van der Waals surface area (Å²) in [6.07, 6.45) is 1.69. The number of hydrogen-bond acceptors (Lipinski definition) is 4. The Labute approximate surface area is 151 Å². The number of para-hydroxylation sites is 2. The topological polar surface area (TPSA) is 58.4 Å². The highest BCUT2D eigenvalue weighted by molar-refractivity contribution is 6.30. The van der Waals surface area contributed by atoms with Gasteiger partial charge in [-0.25, -0.2) is 4.98 Å². The predicted molar refractivity (Wildman–Crippen MR) is 99.8 cm³/mol. The molecule has 5 nitrogen and oxygen atoms in total. The number of halogens is 1. The fourth-order valence-electron chi connectivity index (χ4n) is 2.40. The summed E-state index contributed by atoms with van der Waals surface area (Å²) in [5.41, 5.74) is 2.56. The summed E-state index contributed by atoms with van der Waals surface area (Å²) in [6.45, 7) is 1.94. The second kappa shape index (κ2) is 7.40. The first kappa shape index (κ1) is 17.0. The van der Waals surface area contributed by atoms with Crippen molar-refractivity contribution in [3.05, 3.63) is 65.6 Å². The highest BCUT2D eigenvalue weighted by Gasteiger charge is 2.11. The third kappa shape index (κ3) is 4.00. The van der Waals surface area contributed by atoms with Crippen molar-refractivity contribution in [2.75, 3.05) is 17.3 Å². The van der Waals surface area contributed by atoms with Crippen molar-refractivity contribution in [3.8, 4) is 11.3 Å². The van der Waals surface area contributed by atoms with E-state index in [0.29, 0.717) is 23.2 Å². The Morgan fingerprint density at radius 1 is 1.20 bits per heavy atom. The zero-order valence-electron chi connectivity index (χ0n) is 14.0. The quantitative estimate of drug-likeness (QED) is 0.727. The number of hydrogen-bond donors (Lipinski definition) is 1.